The van der Waals surface area contributed by atoms with E-state index in [0.717, 1.165) is 16.3 Å². The zero-order valence-electron chi connectivity index (χ0n) is 16.1. The first-order valence-electron chi connectivity index (χ1n) is 9.16. The molecule has 0 heterocycles. The van der Waals surface area contributed by atoms with E-state index >= 15 is 0 Å². The minimum atomic E-state index is -0.540. The molecular formula is C22H21N3O4. The van der Waals surface area contributed by atoms with Gasteiger partial charge in [0.05, 0.1) is 17.5 Å². The average Bonchev–Trinajstić information content (AvgIpc) is 2.71. The van der Waals surface area contributed by atoms with Crippen molar-refractivity contribution in [2.75, 3.05) is 6.54 Å². The van der Waals surface area contributed by atoms with Gasteiger partial charge in [-0.05, 0) is 42.3 Å². The minimum absolute atomic E-state index is 0.132. The Hall–Kier alpha value is -3.74. The first kappa shape index (κ1) is 20.0. The zero-order chi connectivity index (χ0) is 21.0. The summed E-state index contributed by atoms with van der Waals surface area (Å²) in [5.74, 6) is -0.887. The molecular weight excluding hydrogens is 370 g/mol. The van der Waals surface area contributed by atoms with Gasteiger partial charge < -0.3 is 10.6 Å². The predicted octanol–water partition coefficient (Wildman–Crippen LogP) is 3.66. The largest absolute Gasteiger partial charge is 0.348 e. The van der Waals surface area contributed by atoms with E-state index in [1.807, 2.05) is 49.4 Å². The van der Waals surface area contributed by atoms with Crippen LogP contribution in [0.4, 0.5) is 5.69 Å². The molecule has 3 aromatic rings. The molecule has 0 spiro atoms. The van der Waals surface area contributed by atoms with Gasteiger partial charge in [0.25, 0.3) is 11.6 Å². The molecule has 148 valence electrons. The first-order chi connectivity index (χ1) is 13.8. The summed E-state index contributed by atoms with van der Waals surface area (Å²) < 4.78 is 0. The third-order valence-electron chi connectivity index (χ3n) is 4.73. The third kappa shape index (κ3) is 4.76. The van der Waals surface area contributed by atoms with Crippen molar-refractivity contribution in [1.29, 1.82) is 0 Å². The fourth-order valence-electron chi connectivity index (χ4n) is 3.06. The van der Waals surface area contributed by atoms with Crippen molar-refractivity contribution in [3.05, 3.63) is 87.5 Å². The molecule has 0 aliphatic rings. The van der Waals surface area contributed by atoms with Crippen LogP contribution in [0.5, 0.6) is 0 Å². The number of nitro groups is 1. The van der Waals surface area contributed by atoms with Gasteiger partial charge in [0.2, 0.25) is 5.91 Å². The molecule has 0 saturated heterocycles. The summed E-state index contributed by atoms with van der Waals surface area (Å²) in [6.07, 6.45) is 0. The second-order valence-electron chi connectivity index (χ2n) is 6.84. The quantitative estimate of drug-likeness (QED) is 0.494. The van der Waals surface area contributed by atoms with Gasteiger partial charge in [-0.15, -0.1) is 0 Å². The molecule has 3 rings (SSSR count). The summed E-state index contributed by atoms with van der Waals surface area (Å²) in [6.45, 7) is 3.24. The minimum Gasteiger partial charge on any atom is -0.348 e. The Labute approximate surface area is 167 Å². The summed E-state index contributed by atoms with van der Waals surface area (Å²) in [4.78, 5) is 34.9. The molecule has 0 saturated carbocycles. The second-order valence-corrected chi connectivity index (χ2v) is 6.84. The van der Waals surface area contributed by atoms with Crippen molar-refractivity contribution < 1.29 is 14.5 Å². The average molecular weight is 391 g/mol. The molecule has 0 aromatic heterocycles. The zero-order valence-corrected chi connectivity index (χ0v) is 16.1. The highest BCUT2D eigenvalue weighted by Crippen LogP contribution is 2.20. The molecule has 3 aromatic carbocycles. The maximum Gasteiger partial charge on any atom is 0.273 e. The van der Waals surface area contributed by atoms with Crippen LogP contribution in [0, 0.1) is 17.0 Å². The monoisotopic (exact) mass is 391 g/mol. The molecule has 7 heteroatoms. The number of nitrogens with one attached hydrogen (secondary N) is 2. The molecule has 0 aliphatic heterocycles. The van der Waals surface area contributed by atoms with Gasteiger partial charge in [-0.3, -0.25) is 19.7 Å². The number of rotatable bonds is 6. The van der Waals surface area contributed by atoms with Crippen molar-refractivity contribution >= 4 is 28.3 Å². The maximum atomic E-state index is 12.2. The van der Waals surface area contributed by atoms with E-state index in [1.165, 1.54) is 18.2 Å². The normalized spacial score (nSPS) is 11.7. The Balaban J connectivity index is 1.59. The number of aryl methyl sites for hydroxylation is 1. The molecule has 2 N–H and O–H groups in total. The van der Waals surface area contributed by atoms with E-state index in [1.54, 1.807) is 6.92 Å². The predicted molar refractivity (Wildman–Crippen MR) is 111 cm³/mol. The van der Waals surface area contributed by atoms with E-state index in [-0.39, 0.29) is 29.7 Å². The van der Waals surface area contributed by atoms with E-state index < -0.39 is 10.8 Å². The van der Waals surface area contributed by atoms with Gasteiger partial charge in [-0.25, -0.2) is 0 Å². The Morgan fingerprint density at radius 3 is 2.48 bits per heavy atom. The van der Waals surface area contributed by atoms with Crippen LogP contribution in [0.2, 0.25) is 0 Å². The lowest BCUT2D eigenvalue weighted by Crippen LogP contribution is -2.38. The van der Waals surface area contributed by atoms with Crippen LogP contribution < -0.4 is 10.6 Å². The van der Waals surface area contributed by atoms with Crippen LogP contribution >= 0.6 is 0 Å². The van der Waals surface area contributed by atoms with E-state index in [0.29, 0.717) is 5.56 Å². The molecule has 29 heavy (non-hydrogen) atoms. The number of hydrogen-bond acceptors (Lipinski definition) is 4. The summed E-state index contributed by atoms with van der Waals surface area (Å²) in [7, 11) is 0. The third-order valence-corrected chi connectivity index (χ3v) is 4.73. The molecule has 0 fully saturated rings. The standard InChI is InChI=1S/C22H21N3O4/c1-14-7-8-19(12-20(14)25(28)29)22(27)23-13-21(26)24-15(2)17-10-9-16-5-3-4-6-18(16)11-17/h3-12,15H,13H2,1-2H3,(H,23,27)(H,24,26)/t15-/m0/s1. The number of carbonyl (C=O) groups is 2. The van der Waals surface area contributed by atoms with Crippen molar-refractivity contribution in [1.82, 2.24) is 10.6 Å². The van der Waals surface area contributed by atoms with Gasteiger partial charge in [-0.1, -0.05) is 42.5 Å². The lowest BCUT2D eigenvalue weighted by Gasteiger charge is -2.15. The van der Waals surface area contributed by atoms with Crippen LogP contribution in [-0.2, 0) is 4.79 Å². The van der Waals surface area contributed by atoms with Crippen LogP contribution in [-0.4, -0.2) is 23.3 Å². The Bertz CT molecular complexity index is 1090. The molecule has 0 aliphatic carbocycles. The maximum absolute atomic E-state index is 12.2. The summed E-state index contributed by atoms with van der Waals surface area (Å²) in [5.41, 5.74) is 1.43. The number of carbonyl (C=O) groups excluding carboxylic acids is 2. The Morgan fingerprint density at radius 2 is 1.76 bits per heavy atom. The van der Waals surface area contributed by atoms with Gasteiger partial charge >= 0.3 is 0 Å². The number of benzene rings is 3. The lowest BCUT2D eigenvalue weighted by atomic mass is 10.0. The van der Waals surface area contributed by atoms with E-state index in [2.05, 4.69) is 10.6 Å². The van der Waals surface area contributed by atoms with Crippen molar-refractivity contribution in [3.8, 4) is 0 Å². The molecule has 7 nitrogen and oxygen atoms in total. The highest BCUT2D eigenvalue weighted by atomic mass is 16.6. The fraction of sp³-hybridized carbons (Fsp3) is 0.182. The second kappa shape index (κ2) is 8.52. The SMILES string of the molecule is Cc1ccc(C(=O)NCC(=O)N[C@@H](C)c2ccc3ccccc3c2)cc1[N+](=O)[O-]. The summed E-state index contributed by atoms with van der Waals surface area (Å²) >= 11 is 0. The number of fused-ring (bicyclic) bond motifs is 1. The number of hydrogen-bond donors (Lipinski definition) is 2. The molecule has 0 unspecified atom stereocenters. The van der Waals surface area contributed by atoms with Crippen molar-refractivity contribution in [3.63, 3.8) is 0 Å². The lowest BCUT2D eigenvalue weighted by molar-refractivity contribution is -0.385. The highest BCUT2D eigenvalue weighted by molar-refractivity contribution is 5.97. The summed E-state index contributed by atoms with van der Waals surface area (Å²) in [6, 6.07) is 17.9. The van der Waals surface area contributed by atoms with Gasteiger partial charge in [0.15, 0.2) is 0 Å². The molecule has 0 radical (unpaired) electrons. The molecule has 2 amide bonds. The number of nitrogens with zero attached hydrogens (tertiary/aromatic N) is 1. The highest BCUT2D eigenvalue weighted by Gasteiger charge is 2.16. The topological polar surface area (TPSA) is 101 Å². The number of amides is 2. The van der Waals surface area contributed by atoms with Crippen LogP contribution in [0.3, 0.4) is 0 Å². The van der Waals surface area contributed by atoms with E-state index in [9.17, 15) is 19.7 Å². The van der Waals surface area contributed by atoms with Crippen molar-refractivity contribution in [2.24, 2.45) is 0 Å². The summed E-state index contributed by atoms with van der Waals surface area (Å²) in [5, 5.41) is 18.6. The van der Waals surface area contributed by atoms with Gasteiger partial charge in [-0.2, -0.15) is 0 Å². The van der Waals surface area contributed by atoms with Crippen LogP contribution in [0.15, 0.2) is 60.7 Å². The fourth-order valence-corrected chi connectivity index (χ4v) is 3.06. The molecule has 0 bridgehead atoms. The van der Waals surface area contributed by atoms with E-state index in [4.69, 9.17) is 0 Å². The molecule has 1 atom stereocenters. The van der Waals surface area contributed by atoms with Gasteiger partial charge in [0.1, 0.15) is 0 Å². The van der Waals surface area contributed by atoms with Crippen molar-refractivity contribution in [2.45, 2.75) is 19.9 Å². The van der Waals surface area contributed by atoms with Gasteiger partial charge in [0, 0.05) is 17.2 Å². The Kier molecular flexibility index (Phi) is 5.87. The Morgan fingerprint density at radius 1 is 1.03 bits per heavy atom. The number of nitro benzene ring substituents is 1. The first-order valence-corrected chi connectivity index (χ1v) is 9.16. The van der Waals surface area contributed by atoms with Crippen LogP contribution in [0.1, 0.15) is 34.5 Å². The smallest absolute Gasteiger partial charge is 0.273 e. The van der Waals surface area contributed by atoms with Crippen LogP contribution in [0.25, 0.3) is 10.8 Å².